The van der Waals surface area contributed by atoms with Gasteiger partial charge in [0.1, 0.15) is 0 Å². The molecule has 1 aromatic rings. The standard InChI is InChI=1S/C15H24N2O2/c1-18-14-11-13(16)10-12(15(14)19-2)6-5-9-17-7-3-4-8-17/h10-11H,3-9,16H2,1-2H3. The zero-order chi connectivity index (χ0) is 13.7. The van der Waals surface area contributed by atoms with E-state index < -0.39 is 0 Å². The lowest BCUT2D eigenvalue weighted by molar-refractivity contribution is 0.330. The van der Waals surface area contributed by atoms with Crippen LogP contribution < -0.4 is 15.2 Å². The Morgan fingerprint density at radius 1 is 1.16 bits per heavy atom. The third-order valence-corrected chi connectivity index (χ3v) is 3.70. The number of anilines is 1. The highest BCUT2D eigenvalue weighted by Crippen LogP contribution is 2.34. The number of rotatable bonds is 6. The molecule has 1 fully saturated rings. The molecular formula is C15H24N2O2. The molecule has 0 bridgehead atoms. The van der Waals surface area contributed by atoms with Gasteiger partial charge in [-0.15, -0.1) is 0 Å². The molecule has 19 heavy (non-hydrogen) atoms. The van der Waals surface area contributed by atoms with Gasteiger partial charge in [0, 0.05) is 17.3 Å². The summed E-state index contributed by atoms with van der Waals surface area (Å²) in [6, 6.07) is 3.80. The monoisotopic (exact) mass is 264 g/mol. The highest BCUT2D eigenvalue weighted by atomic mass is 16.5. The number of hydrogen-bond acceptors (Lipinski definition) is 4. The number of ether oxygens (including phenoxy) is 2. The largest absolute Gasteiger partial charge is 0.493 e. The third-order valence-electron chi connectivity index (χ3n) is 3.70. The van der Waals surface area contributed by atoms with Gasteiger partial charge < -0.3 is 20.1 Å². The van der Waals surface area contributed by atoms with Crippen LogP contribution in [-0.4, -0.2) is 38.8 Å². The first-order valence-corrected chi connectivity index (χ1v) is 6.97. The number of hydrogen-bond donors (Lipinski definition) is 1. The Hall–Kier alpha value is -1.42. The van der Waals surface area contributed by atoms with Crippen molar-refractivity contribution in [1.29, 1.82) is 0 Å². The predicted octanol–water partition coefficient (Wildman–Crippen LogP) is 2.31. The number of methoxy groups -OCH3 is 2. The third kappa shape index (κ3) is 3.53. The van der Waals surface area contributed by atoms with E-state index in [1.54, 1.807) is 14.2 Å². The fourth-order valence-electron chi connectivity index (χ4n) is 2.75. The number of nitrogens with zero attached hydrogens (tertiary/aromatic N) is 1. The summed E-state index contributed by atoms with van der Waals surface area (Å²) >= 11 is 0. The van der Waals surface area contributed by atoms with E-state index in [9.17, 15) is 0 Å². The van der Waals surface area contributed by atoms with E-state index in [0.29, 0.717) is 0 Å². The molecule has 2 rings (SSSR count). The molecular weight excluding hydrogens is 240 g/mol. The first-order valence-electron chi connectivity index (χ1n) is 6.97. The number of likely N-dealkylation sites (tertiary alicyclic amines) is 1. The van der Waals surface area contributed by atoms with Crippen molar-refractivity contribution in [1.82, 2.24) is 4.90 Å². The molecule has 4 heteroatoms. The van der Waals surface area contributed by atoms with Crippen LogP contribution in [0.25, 0.3) is 0 Å². The summed E-state index contributed by atoms with van der Waals surface area (Å²) in [6.07, 6.45) is 4.79. The second-order valence-electron chi connectivity index (χ2n) is 5.07. The Morgan fingerprint density at radius 3 is 2.53 bits per heavy atom. The Morgan fingerprint density at radius 2 is 1.89 bits per heavy atom. The van der Waals surface area contributed by atoms with Gasteiger partial charge in [-0.05, 0) is 51.4 Å². The minimum atomic E-state index is 0.721. The molecule has 4 nitrogen and oxygen atoms in total. The van der Waals surface area contributed by atoms with Gasteiger partial charge in [0.05, 0.1) is 14.2 Å². The van der Waals surface area contributed by atoms with Crippen LogP contribution in [0, 0.1) is 0 Å². The average Bonchev–Trinajstić information content (AvgIpc) is 2.91. The van der Waals surface area contributed by atoms with Crippen LogP contribution >= 0.6 is 0 Å². The second kappa shape index (κ2) is 6.66. The van der Waals surface area contributed by atoms with Crippen molar-refractivity contribution in [2.75, 3.05) is 39.6 Å². The lowest BCUT2D eigenvalue weighted by Crippen LogP contribution is -2.20. The topological polar surface area (TPSA) is 47.7 Å². The van der Waals surface area contributed by atoms with Crippen LogP contribution in [0.2, 0.25) is 0 Å². The van der Waals surface area contributed by atoms with Crippen molar-refractivity contribution in [2.24, 2.45) is 0 Å². The van der Waals surface area contributed by atoms with Gasteiger partial charge >= 0.3 is 0 Å². The minimum absolute atomic E-state index is 0.721. The lowest BCUT2D eigenvalue weighted by Gasteiger charge is -2.16. The SMILES string of the molecule is COc1cc(N)cc(CCCN2CCCC2)c1OC. The number of benzene rings is 1. The van der Waals surface area contributed by atoms with E-state index >= 15 is 0 Å². The molecule has 0 spiro atoms. The molecule has 0 aliphatic carbocycles. The van der Waals surface area contributed by atoms with E-state index in [4.69, 9.17) is 15.2 Å². The van der Waals surface area contributed by atoms with Gasteiger partial charge in [-0.1, -0.05) is 0 Å². The van der Waals surface area contributed by atoms with Crippen molar-refractivity contribution in [2.45, 2.75) is 25.7 Å². The predicted molar refractivity (Wildman–Crippen MR) is 78.0 cm³/mol. The molecule has 1 aliphatic heterocycles. The number of aryl methyl sites for hydroxylation is 1. The minimum Gasteiger partial charge on any atom is -0.493 e. The highest BCUT2D eigenvalue weighted by Gasteiger charge is 2.14. The maximum absolute atomic E-state index is 5.91. The van der Waals surface area contributed by atoms with Crippen LogP contribution in [0.15, 0.2) is 12.1 Å². The Balaban J connectivity index is 1.99. The first kappa shape index (κ1) is 14.0. The van der Waals surface area contributed by atoms with Crippen molar-refractivity contribution >= 4 is 5.69 Å². The zero-order valence-electron chi connectivity index (χ0n) is 11.9. The van der Waals surface area contributed by atoms with E-state index in [1.807, 2.05) is 12.1 Å². The first-order chi connectivity index (χ1) is 9.24. The van der Waals surface area contributed by atoms with E-state index in [2.05, 4.69) is 4.90 Å². The molecule has 0 atom stereocenters. The molecule has 0 aromatic heterocycles. The summed E-state index contributed by atoms with van der Waals surface area (Å²) in [6.45, 7) is 3.65. The van der Waals surface area contributed by atoms with E-state index in [1.165, 1.54) is 25.9 Å². The summed E-state index contributed by atoms with van der Waals surface area (Å²) in [7, 11) is 3.32. The van der Waals surface area contributed by atoms with Crippen LogP contribution in [0.5, 0.6) is 11.5 Å². The van der Waals surface area contributed by atoms with Crippen molar-refractivity contribution < 1.29 is 9.47 Å². The summed E-state index contributed by atoms with van der Waals surface area (Å²) in [4.78, 5) is 2.52. The van der Waals surface area contributed by atoms with Crippen LogP contribution in [0.4, 0.5) is 5.69 Å². The van der Waals surface area contributed by atoms with E-state index in [-0.39, 0.29) is 0 Å². The highest BCUT2D eigenvalue weighted by molar-refractivity contribution is 5.57. The summed E-state index contributed by atoms with van der Waals surface area (Å²) in [5.74, 6) is 1.54. The van der Waals surface area contributed by atoms with Crippen LogP contribution in [-0.2, 0) is 6.42 Å². The Kier molecular flexibility index (Phi) is 4.91. The molecule has 106 valence electrons. The number of nitrogens with two attached hydrogens (primary N) is 1. The van der Waals surface area contributed by atoms with Gasteiger partial charge in [0.2, 0.25) is 0 Å². The molecule has 1 heterocycles. The second-order valence-corrected chi connectivity index (χ2v) is 5.07. The molecule has 1 aromatic carbocycles. The fraction of sp³-hybridized carbons (Fsp3) is 0.600. The Labute approximate surface area is 115 Å². The molecule has 0 unspecified atom stereocenters. The summed E-state index contributed by atoms with van der Waals surface area (Å²) in [5.41, 5.74) is 7.77. The van der Waals surface area contributed by atoms with Gasteiger partial charge in [-0.25, -0.2) is 0 Å². The van der Waals surface area contributed by atoms with Gasteiger partial charge in [0.15, 0.2) is 11.5 Å². The number of nitrogen functional groups attached to an aromatic ring is 1. The summed E-state index contributed by atoms with van der Waals surface area (Å²) < 4.78 is 10.8. The van der Waals surface area contributed by atoms with Crippen LogP contribution in [0.1, 0.15) is 24.8 Å². The average molecular weight is 264 g/mol. The molecule has 1 aliphatic rings. The van der Waals surface area contributed by atoms with Crippen molar-refractivity contribution in [3.63, 3.8) is 0 Å². The van der Waals surface area contributed by atoms with Gasteiger partial charge in [-0.2, -0.15) is 0 Å². The quantitative estimate of drug-likeness (QED) is 0.801. The maximum atomic E-state index is 5.91. The fourth-order valence-corrected chi connectivity index (χ4v) is 2.75. The Bertz CT molecular complexity index is 415. The lowest BCUT2D eigenvalue weighted by atomic mass is 10.1. The van der Waals surface area contributed by atoms with Crippen molar-refractivity contribution in [3.8, 4) is 11.5 Å². The smallest absolute Gasteiger partial charge is 0.164 e. The zero-order valence-corrected chi connectivity index (χ0v) is 11.9. The molecule has 1 saturated heterocycles. The van der Waals surface area contributed by atoms with Gasteiger partial charge in [-0.3, -0.25) is 0 Å². The van der Waals surface area contributed by atoms with Crippen LogP contribution in [0.3, 0.4) is 0 Å². The van der Waals surface area contributed by atoms with Crippen molar-refractivity contribution in [3.05, 3.63) is 17.7 Å². The molecule has 0 radical (unpaired) electrons. The summed E-state index contributed by atoms with van der Waals surface area (Å²) in [5, 5.41) is 0. The normalized spacial score (nSPS) is 15.7. The van der Waals surface area contributed by atoms with E-state index in [0.717, 1.165) is 42.1 Å². The van der Waals surface area contributed by atoms with Gasteiger partial charge in [0.25, 0.3) is 0 Å². The molecule has 0 amide bonds. The molecule has 0 saturated carbocycles. The maximum Gasteiger partial charge on any atom is 0.164 e. The molecule has 2 N–H and O–H groups in total.